The largest absolute Gasteiger partial charge is 0.422 e. The van der Waals surface area contributed by atoms with Crippen molar-refractivity contribution in [1.29, 1.82) is 0 Å². The zero-order valence-electron chi connectivity index (χ0n) is 16.0. The summed E-state index contributed by atoms with van der Waals surface area (Å²) < 4.78 is 15.8. The molecule has 1 aliphatic heterocycles. The van der Waals surface area contributed by atoms with Crippen LogP contribution in [0.5, 0.6) is 0 Å². The third-order valence-corrected chi connectivity index (χ3v) is 4.94. The summed E-state index contributed by atoms with van der Waals surface area (Å²) in [6, 6.07) is 7.24. The van der Waals surface area contributed by atoms with Gasteiger partial charge in [-0.3, -0.25) is 0 Å². The van der Waals surface area contributed by atoms with Gasteiger partial charge in [-0.15, -0.1) is 0 Å². The monoisotopic (exact) mass is 394 g/mol. The van der Waals surface area contributed by atoms with Crippen LogP contribution in [0.3, 0.4) is 0 Å². The molecular formula is C20H26O8. The number of rotatable bonds is 4. The van der Waals surface area contributed by atoms with Crippen molar-refractivity contribution in [3.05, 3.63) is 45.8 Å². The summed E-state index contributed by atoms with van der Waals surface area (Å²) in [6.45, 7) is 5.43. The standard InChI is InChI=1S/C20H26O8/c1-20(2,3)12-4-5-13-10(7-12)6-11(18(24)27-13)9-26-17-15(22)14(8-21)28-19(25)16(17)23/h4-7,14-17,19,21-23,25H,8-9H2,1-3H3/t14-,15+,16-,17+,19-/m1/s1. The molecule has 0 saturated carbocycles. The smallest absolute Gasteiger partial charge is 0.341 e. The van der Waals surface area contributed by atoms with Gasteiger partial charge in [0.25, 0.3) is 0 Å². The van der Waals surface area contributed by atoms with Crippen LogP contribution in [0.1, 0.15) is 31.9 Å². The van der Waals surface area contributed by atoms with E-state index < -0.39 is 42.9 Å². The van der Waals surface area contributed by atoms with E-state index in [1.807, 2.05) is 12.1 Å². The molecule has 4 N–H and O–H groups in total. The lowest BCUT2D eigenvalue weighted by Crippen LogP contribution is -2.59. The van der Waals surface area contributed by atoms with Gasteiger partial charge in [-0.2, -0.15) is 0 Å². The Hall–Kier alpha value is -1.81. The molecule has 8 nitrogen and oxygen atoms in total. The average molecular weight is 394 g/mol. The molecule has 1 aliphatic rings. The first-order valence-corrected chi connectivity index (χ1v) is 9.11. The van der Waals surface area contributed by atoms with Crippen molar-refractivity contribution < 1.29 is 34.3 Å². The molecule has 1 fully saturated rings. The molecule has 1 saturated heterocycles. The summed E-state index contributed by atoms with van der Waals surface area (Å²) in [5, 5.41) is 39.9. The van der Waals surface area contributed by atoms with Crippen molar-refractivity contribution >= 4 is 11.0 Å². The second kappa shape index (κ2) is 7.90. The number of hydrogen-bond acceptors (Lipinski definition) is 8. The van der Waals surface area contributed by atoms with Crippen LogP contribution < -0.4 is 5.63 Å². The summed E-state index contributed by atoms with van der Waals surface area (Å²) in [5.41, 5.74) is 1.06. The van der Waals surface area contributed by atoms with Gasteiger partial charge in [0.2, 0.25) is 0 Å². The number of aliphatic hydroxyl groups excluding tert-OH is 4. The van der Waals surface area contributed by atoms with Gasteiger partial charge >= 0.3 is 5.63 Å². The van der Waals surface area contributed by atoms with Crippen LogP contribution in [0.15, 0.2) is 33.5 Å². The first-order chi connectivity index (χ1) is 13.1. The SMILES string of the molecule is CC(C)(C)c1ccc2oc(=O)c(CO[C@@H]3[C@@H](O)[C@H](O)O[C@H](CO)[C@@H]3O)cc2c1. The van der Waals surface area contributed by atoms with E-state index in [2.05, 4.69) is 20.8 Å². The fraction of sp³-hybridized carbons (Fsp3) is 0.550. The fourth-order valence-electron chi connectivity index (χ4n) is 3.18. The zero-order chi connectivity index (χ0) is 20.6. The highest BCUT2D eigenvalue weighted by Gasteiger charge is 2.44. The van der Waals surface area contributed by atoms with Crippen LogP contribution in [0, 0.1) is 0 Å². The molecule has 0 aliphatic carbocycles. The Labute approximate surface area is 161 Å². The summed E-state index contributed by atoms with van der Waals surface area (Å²) in [7, 11) is 0. The molecule has 28 heavy (non-hydrogen) atoms. The number of hydrogen-bond donors (Lipinski definition) is 4. The Bertz CT molecular complexity index is 884. The minimum absolute atomic E-state index is 0.0766. The van der Waals surface area contributed by atoms with E-state index in [-0.39, 0.29) is 17.6 Å². The molecular weight excluding hydrogens is 368 g/mol. The molecule has 2 heterocycles. The molecule has 3 rings (SSSR count). The van der Waals surface area contributed by atoms with Gasteiger partial charge < -0.3 is 34.3 Å². The Morgan fingerprint density at radius 2 is 1.82 bits per heavy atom. The summed E-state index contributed by atoms with van der Waals surface area (Å²) in [5.74, 6) is 0. The molecule has 0 amide bonds. The van der Waals surface area contributed by atoms with Gasteiger partial charge in [-0.05, 0) is 29.2 Å². The molecule has 0 bridgehead atoms. The second-order valence-electron chi connectivity index (χ2n) is 8.07. The van der Waals surface area contributed by atoms with Crippen LogP contribution in [-0.2, 0) is 21.5 Å². The normalized spacial score (nSPS) is 28.6. The van der Waals surface area contributed by atoms with Crippen LogP contribution in [0.2, 0.25) is 0 Å². The molecule has 8 heteroatoms. The van der Waals surface area contributed by atoms with E-state index in [4.69, 9.17) is 13.9 Å². The molecule has 2 aromatic rings. The van der Waals surface area contributed by atoms with Gasteiger partial charge in [-0.1, -0.05) is 26.8 Å². The maximum absolute atomic E-state index is 12.2. The maximum Gasteiger partial charge on any atom is 0.341 e. The third kappa shape index (κ3) is 4.12. The molecule has 1 aromatic heterocycles. The Morgan fingerprint density at radius 3 is 2.46 bits per heavy atom. The number of aliphatic hydroxyl groups is 4. The number of ether oxygens (including phenoxy) is 2. The lowest BCUT2D eigenvalue weighted by molar-refractivity contribution is -0.296. The second-order valence-corrected chi connectivity index (χ2v) is 8.07. The Morgan fingerprint density at radius 1 is 1.11 bits per heavy atom. The topological polar surface area (TPSA) is 130 Å². The van der Waals surface area contributed by atoms with Gasteiger partial charge in [0.1, 0.15) is 30.0 Å². The molecule has 0 unspecified atom stereocenters. The maximum atomic E-state index is 12.2. The van der Waals surface area contributed by atoms with Crippen LogP contribution in [0.25, 0.3) is 11.0 Å². The van der Waals surface area contributed by atoms with Crippen molar-refractivity contribution in [2.75, 3.05) is 6.61 Å². The van der Waals surface area contributed by atoms with E-state index >= 15 is 0 Å². The molecule has 5 atom stereocenters. The van der Waals surface area contributed by atoms with Crippen molar-refractivity contribution in [3.8, 4) is 0 Å². The summed E-state index contributed by atoms with van der Waals surface area (Å²) in [4.78, 5) is 12.2. The highest BCUT2D eigenvalue weighted by molar-refractivity contribution is 5.78. The lowest BCUT2D eigenvalue weighted by atomic mass is 9.86. The molecule has 1 aromatic carbocycles. The summed E-state index contributed by atoms with van der Waals surface area (Å²) >= 11 is 0. The Kier molecular flexibility index (Phi) is 5.90. The first kappa shape index (κ1) is 20.9. The van der Waals surface area contributed by atoms with E-state index in [1.54, 1.807) is 12.1 Å². The third-order valence-electron chi connectivity index (χ3n) is 4.94. The van der Waals surface area contributed by atoms with Gasteiger partial charge in [0.15, 0.2) is 6.29 Å². The van der Waals surface area contributed by atoms with E-state index in [1.165, 1.54) is 0 Å². The number of benzene rings is 1. The van der Waals surface area contributed by atoms with Crippen LogP contribution in [-0.4, -0.2) is 57.7 Å². The van der Waals surface area contributed by atoms with Crippen molar-refractivity contribution in [1.82, 2.24) is 0 Å². The predicted octanol–water partition coefficient (Wildman–Crippen LogP) is 0.407. The van der Waals surface area contributed by atoms with E-state index in [9.17, 15) is 25.2 Å². The van der Waals surface area contributed by atoms with Crippen LogP contribution >= 0.6 is 0 Å². The zero-order valence-corrected chi connectivity index (χ0v) is 16.0. The fourth-order valence-corrected chi connectivity index (χ4v) is 3.18. The highest BCUT2D eigenvalue weighted by Crippen LogP contribution is 2.27. The quantitative estimate of drug-likeness (QED) is 0.549. The van der Waals surface area contributed by atoms with E-state index in [0.29, 0.717) is 5.58 Å². The molecule has 0 radical (unpaired) electrons. The molecule has 0 spiro atoms. The lowest BCUT2D eigenvalue weighted by Gasteiger charge is -2.39. The molecule has 154 valence electrons. The number of fused-ring (bicyclic) bond motifs is 1. The predicted molar refractivity (Wildman–Crippen MR) is 99.7 cm³/mol. The summed E-state index contributed by atoms with van der Waals surface area (Å²) in [6.07, 6.45) is -6.86. The van der Waals surface area contributed by atoms with Crippen LogP contribution in [0.4, 0.5) is 0 Å². The van der Waals surface area contributed by atoms with Crippen molar-refractivity contribution in [3.63, 3.8) is 0 Å². The van der Waals surface area contributed by atoms with E-state index in [0.717, 1.165) is 10.9 Å². The Balaban J connectivity index is 1.85. The van der Waals surface area contributed by atoms with Gasteiger partial charge in [-0.25, -0.2) is 4.79 Å². The van der Waals surface area contributed by atoms with Crippen molar-refractivity contribution in [2.24, 2.45) is 0 Å². The van der Waals surface area contributed by atoms with Gasteiger partial charge in [0.05, 0.1) is 18.8 Å². The van der Waals surface area contributed by atoms with Crippen molar-refractivity contribution in [2.45, 2.75) is 63.5 Å². The first-order valence-electron chi connectivity index (χ1n) is 9.11. The highest BCUT2D eigenvalue weighted by atomic mass is 16.6. The average Bonchev–Trinajstić information content (AvgIpc) is 2.63. The minimum atomic E-state index is -1.62. The van der Waals surface area contributed by atoms with Gasteiger partial charge in [0, 0.05) is 5.39 Å². The minimum Gasteiger partial charge on any atom is -0.422 e.